The number of hydrogen-bond acceptors (Lipinski definition) is 3. The van der Waals surface area contributed by atoms with Gasteiger partial charge in [-0.1, -0.05) is 0 Å². The minimum absolute atomic E-state index is 0.855. The summed E-state index contributed by atoms with van der Waals surface area (Å²) in [6, 6.07) is 3.81. The van der Waals surface area contributed by atoms with Crippen molar-refractivity contribution >= 4 is 5.88 Å². The number of nitrogens with zero attached hydrogens (tertiary/aromatic N) is 1. The summed E-state index contributed by atoms with van der Waals surface area (Å²) in [5.74, 6) is 0.855. The van der Waals surface area contributed by atoms with Crippen molar-refractivity contribution in [3.63, 3.8) is 0 Å². The molecule has 0 aliphatic rings. The summed E-state index contributed by atoms with van der Waals surface area (Å²) in [5, 5.41) is 3.19. The summed E-state index contributed by atoms with van der Waals surface area (Å²) in [6.07, 6.45) is 2.81. The van der Waals surface area contributed by atoms with Gasteiger partial charge in [-0.05, 0) is 33.1 Å². The Morgan fingerprint density at radius 2 is 2.33 bits per heavy atom. The number of nitrogens with one attached hydrogen (secondary N) is 1. The molecule has 68 valence electrons. The number of furan rings is 1. The summed E-state index contributed by atoms with van der Waals surface area (Å²) in [4.78, 5) is 2.17. The van der Waals surface area contributed by atoms with Crippen LogP contribution in [-0.2, 0) is 0 Å². The quantitative estimate of drug-likeness (QED) is 0.677. The Morgan fingerprint density at radius 3 is 2.92 bits per heavy atom. The number of anilines is 1. The third-order valence-corrected chi connectivity index (χ3v) is 1.60. The van der Waals surface area contributed by atoms with E-state index in [1.807, 2.05) is 12.1 Å². The van der Waals surface area contributed by atoms with E-state index >= 15 is 0 Å². The van der Waals surface area contributed by atoms with Gasteiger partial charge in [0.15, 0.2) is 5.88 Å². The Balaban J connectivity index is 2.04. The van der Waals surface area contributed by atoms with E-state index < -0.39 is 0 Å². The molecule has 1 N–H and O–H groups in total. The molecular formula is C9H16N2O. The van der Waals surface area contributed by atoms with E-state index in [0.717, 1.165) is 25.4 Å². The molecule has 0 aromatic carbocycles. The summed E-state index contributed by atoms with van der Waals surface area (Å²) in [6.45, 7) is 2.07. The molecule has 0 atom stereocenters. The van der Waals surface area contributed by atoms with E-state index in [9.17, 15) is 0 Å². The number of rotatable bonds is 5. The Morgan fingerprint density at radius 1 is 1.50 bits per heavy atom. The first-order valence-corrected chi connectivity index (χ1v) is 4.21. The molecule has 0 bridgehead atoms. The second-order valence-corrected chi connectivity index (χ2v) is 3.06. The molecule has 3 heteroatoms. The molecule has 0 aliphatic carbocycles. The molecule has 0 radical (unpaired) electrons. The van der Waals surface area contributed by atoms with Crippen molar-refractivity contribution in [2.75, 3.05) is 32.5 Å². The maximum atomic E-state index is 5.12. The topological polar surface area (TPSA) is 28.4 Å². The van der Waals surface area contributed by atoms with Gasteiger partial charge >= 0.3 is 0 Å². The van der Waals surface area contributed by atoms with Gasteiger partial charge in [-0.15, -0.1) is 0 Å². The van der Waals surface area contributed by atoms with Gasteiger partial charge in [0.1, 0.15) is 0 Å². The summed E-state index contributed by atoms with van der Waals surface area (Å²) in [7, 11) is 4.15. The minimum atomic E-state index is 0.855. The molecule has 1 rings (SSSR count). The van der Waals surface area contributed by atoms with E-state index in [0.29, 0.717) is 0 Å². The van der Waals surface area contributed by atoms with Crippen LogP contribution in [0.5, 0.6) is 0 Å². The average Bonchev–Trinajstić information content (AvgIpc) is 2.49. The van der Waals surface area contributed by atoms with Gasteiger partial charge in [0.2, 0.25) is 0 Å². The summed E-state index contributed by atoms with van der Waals surface area (Å²) in [5.41, 5.74) is 0. The Hall–Kier alpha value is -0.960. The molecule has 0 amide bonds. The molecule has 0 saturated heterocycles. The molecule has 12 heavy (non-hydrogen) atoms. The SMILES string of the molecule is CN(C)CCCNc1ccco1. The van der Waals surface area contributed by atoms with E-state index in [2.05, 4.69) is 24.3 Å². The van der Waals surface area contributed by atoms with Crippen LogP contribution in [0.1, 0.15) is 6.42 Å². The van der Waals surface area contributed by atoms with E-state index in [1.54, 1.807) is 6.26 Å². The van der Waals surface area contributed by atoms with Gasteiger partial charge in [-0.2, -0.15) is 0 Å². The monoisotopic (exact) mass is 168 g/mol. The zero-order chi connectivity index (χ0) is 8.81. The van der Waals surface area contributed by atoms with Crippen LogP contribution in [-0.4, -0.2) is 32.1 Å². The molecule has 1 aromatic heterocycles. The maximum Gasteiger partial charge on any atom is 0.192 e. The third-order valence-electron chi connectivity index (χ3n) is 1.60. The van der Waals surface area contributed by atoms with Gasteiger partial charge in [-0.25, -0.2) is 0 Å². The molecule has 3 nitrogen and oxygen atoms in total. The Kier molecular flexibility index (Phi) is 3.67. The first-order valence-electron chi connectivity index (χ1n) is 4.21. The first-order chi connectivity index (χ1) is 5.79. The second-order valence-electron chi connectivity index (χ2n) is 3.06. The highest BCUT2D eigenvalue weighted by molar-refractivity contribution is 5.29. The van der Waals surface area contributed by atoms with Gasteiger partial charge in [0.05, 0.1) is 6.26 Å². The predicted octanol–water partition coefficient (Wildman–Crippen LogP) is 1.64. The van der Waals surface area contributed by atoms with Gasteiger partial charge in [-0.3, -0.25) is 0 Å². The third kappa shape index (κ3) is 3.44. The van der Waals surface area contributed by atoms with Crippen LogP contribution in [0.2, 0.25) is 0 Å². The lowest BCUT2D eigenvalue weighted by molar-refractivity contribution is 0.404. The number of hydrogen-bond donors (Lipinski definition) is 1. The van der Waals surface area contributed by atoms with E-state index in [1.165, 1.54) is 0 Å². The van der Waals surface area contributed by atoms with Gasteiger partial charge in [0.25, 0.3) is 0 Å². The Labute approximate surface area is 73.4 Å². The van der Waals surface area contributed by atoms with E-state index in [4.69, 9.17) is 4.42 Å². The van der Waals surface area contributed by atoms with Crippen molar-refractivity contribution in [1.82, 2.24) is 4.90 Å². The molecule has 1 aromatic rings. The van der Waals surface area contributed by atoms with Gasteiger partial charge in [0, 0.05) is 12.6 Å². The molecule has 0 aliphatic heterocycles. The van der Waals surface area contributed by atoms with Crippen LogP contribution in [0.25, 0.3) is 0 Å². The lowest BCUT2D eigenvalue weighted by Crippen LogP contribution is -2.16. The molecule has 0 unspecified atom stereocenters. The van der Waals surface area contributed by atoms with Crippen LogP contribution < -0.4 is 5.32 Å². The smallest absolute Gasteiger partial charge is 0.192 e. The summed E-state index contributed by atoms with van der Waals surface area (Å²) >= 11 is 0. The van der Waals surface area contributed by atoms with Crippen LogP contribution in [0.4, 0.5) is 5.88 Å². The van der Waals surface area contributed by atoms with E-state index in [-0.39, 0.29) is 0 Å². The first kappa shape index (κ1) is 9.13. The van der Waals surface area contributed by atoms with Crippen LogP contribution in [0.3, 0.4) is 0 Å². The fourth-order valence-electron chi connectivity index (χ4n) is 0.986. The predicted molar refractivity (Wildman–Crippen MR) is 50.4 cm³/mol. The molecular weight excluding hydrogens is 152 g/mol. The fourth-order valence-corrected chi connectivity index (χ4v) is 0.986. The van der Waals surface area contributed by atoms with Crippen molar-refractivity contribution in [1.29, 1.82) is 0 Å². The fraction of sp³-hybridized carbons (Fsp3) is 0.556. The lowest BCUT2D eigenvalue weighted by Gasteiger charge is -2.08. The van der Waals surface area contributed by atoms with Crippen molar-refractivity contribution in [3.8, 4) is 0 Å². The second kappa shape index (κ2) is 4.83. The van der Waals surface area contributed by atoms with Crippen molar-refractivity contribution < 1.29 is 4.42 Å². The molecule has 0 fully saturated rings. The highest BCUT2D eigenvalue weighted by Crippen LogP contribution is 2.05. The lowest BCUT2D eigenvalue weighted by atomic mass is 10.4. The van der Waals surface area contributed by atoms with Crippen LogP contribution in [0, 0.1) is 0 Å². The molecule has 1 heterocycles. The Bertz CT molecular complexity index is 194. The average molecular weight is 168 g/mol. The normalized spacial score (nSPS) is 10.6. The standard InChI is InChI=1S/C9H16N2O/c1-11(2)7-4-6-10-9-5-3-8-12-9/h3,5,8,10H,4,6-7H2,1-2H3. The maximum absolute atomic E-state index is 5.12. The zero-order valence-electron chi connectivity index (χ0n) is 7.71. The summed E-state index contributed by atoms with van der Waals surface area (Å²) < 4.78 is 5.12. The zero-order valence-corrected chi connectivity index (χ0v) is 7.71. The van der Waals surface area contributed by atoms with Crippen LogP contribution in [0.15, 0.2) is 22.8 Å². The van der Waals surface area contributed by atoms with Crippen LogP contribution >= 0.6 is 0 Å². The van der Waals surface area contributed by atoms with Crippen molar-refractivity contribution in [2.45, 2.75) is 6.42 Å². The highest BCUT2D eigenvalue weighted by atomic mass is 16.3. The molecule has 0 spiro atoms. The highest BCUT2D eigenvalue weighted by Gasteiger charge is 1.93. The van der Waals surface area contributed by atoms with Gasteiger partial charge < -0.3 is 14.6 Å². The van der Waals surface area contributed by atoms with Crippen molar-refractivity contribution in [3.05, 3.63) is 18.4 Å². The largest absolute Gasteiger partial charge is 0.449 e. The minimum Gasteiger partial charge on any atom is -0.449 e. The molecule has 0 saturated carbocycles. The van der Waals surface area contributed by atoms with Crippen molar-refractivity contribution in [2.24, 2.45) is 0 Å².